The summed E-state index contributed by atoms with van der Waals surface area (Å²) in [6.45, 7) is 2.96. The average Bonchev–Trinajstić information content (AvgIpc) is 3.14. The number of likely N-dealkylation sites (tertiary alicyclic amines) is 1. The molecule has 0 unspecified atom stereocenters. The standard InChI is InChI=1S/C19H25ClN4O/c1-23(18-4-2-16(20)3-5-18)19(25)8-11-24-9-6-15(7-10-24)12-17-13-21-14-22-17/h2-5,13-15H,6-12H2,1H3,(H,21,22). The minimum absolute atomic E-state index is 0.141. The van der Waals surface area contributed by atoms with E-state index in [1.165, 1.54) is 18.5 Å². The van der Waals surface area contributed by atoms with E-state index < -0.39 is 0 Å². The van der Waals surface area contributed by atoms with Gasteiger partial charge in [0.25, 0.3) is 0 Å². The summed E-state index contributed by atoms with van der Waals surface area (Å²) in [5.41, 5.74) is 2.10. The molecule has 3 rings (SSSR count). The van der Waals surface area contributed by atoms with Crippen LogP contribution in [0, 0.1) is 5.92 Å². The van der Waals surface area contributed by atoms with Gasteiger partial charge in [-0.2, -0.15) is 0 Å². The van der Waals surface area contributed by atoms with Gasteiger partial charge in [-0.25, -0.2) is 4.98 Å². The van der Waals surface area contributed by atoms with Crippen molar-refractivity contribution in [2.24, 2.45) is 5.92 Å². The van der Waals surface area contributed by atoms with Crippen LogP contribution < -0.4 is 4.90 Å². The summed E-state index contributed by atoms with van der Waals surface area (Å²) in [4.78, 5) is 23.8. The number of H-pyrrole nitrogens is 1. The lowest BCUT2D eigenvalue weighted by atomic mass is 9.92. The summed E-state index contributed by atoms with van der Waals surface area (Å²) in [5, 5.41) is 0.683. The van der Waals surface area contributed by atoms with Crippen LogP contribution in [0.5, 0.6) is 0 Å². The number of halogens is 1. The first-order valence-electron chi connectivity index (χ1n) is 8.83. The maximum Gasteiger partial charge on any atom is 0.228 e. The Morgan fingerprint density at radius 2 is 2.04 bits per heavy atom. The van der Waals surface area contributed by atoms with Gasteiger partial charge in [-0.05, 0) is 62.5 Å². The Bertz CT molecular complexity index is 663. The number of nitrogens with one attached hydrogen (secondary N) is 1. The average molecular weight is 361 g/mol. The van der Waals surface area contributed by atoms with Crippen molar-refractivity contribution in [3.8, 4) is 0 Å². The minimum Gasteiger partial charge on any atom is -0.348 e. The Labute approximate surface area is 154 Å². The topological polar surface area (TPSA) is 52.2 Å². The zero-order valence-corrected chi connectivity index (χ0v) is 15.4. The van der Waals surface area contributed by atoms with E-state index in [4.69, 9.17) is 11.6 Å². The van der Waals surface area contributed by atoms with Gasteiger partial charge in [0.1, 0.15) is 0 Å². The van der Waals surface area contributed by atoms with Crippen LogP contribution in [0.2, 0.25) is 5.02 Å². The summed E-state index contributed by atoms with van der Waals surface area (Å²) in [6, 6.07) is 7.37. The molecular weight excluding hydrogens is 336 g/mol. The van der Waals surface area contributed by atoms with Crippen molar-refractivity contribution in [1.82, 2.24) is 14.9 Å². The molecule has 2 heterocycles. The van der Waals surface area contributed by atoms with Crippen molar-refractivity contribution < 1.29 is 4.79 Å². The number of hydrogen-bond donors (Lipinski definition) is 1. The maximum absolute atomic E-state index is 12.4. The molecule has 1 N–H and O–H groups in total. The molecule has 0 aliphatic carbocycles. The first-order chi connectivity index (χ1) is 12.1. The molecule has 0 radical (unpaired) electrons. The van der Waals surface area contributed by atoms with E-state index >= 15 is 0 Å². The Hall–Kier alpha value is -1.85. The Kier molecular flexibility index (Phi) is 6.10. The van der Waals surface area contributed by atoms with Gasteiger partial charge in [-0.1, -0.05) is 11.6 Å². The fourth-order valence-corrected chi connectivity index (χ4v) is 3.48. The number of piperidine rings is 1. The number of aromatic nitrogens is 2. The van der Waals surface area contributed by atoms with Crippen LogP contribution in [-0.4, -0.2) is 47.5 Å². The normalized spacial score (nSPS) is 16.1. The SMILES string of the molecule is CN(C(=O)CCN1CCC(Cc2cnc[nH]2)CC1)c1ccc(Cl)cc1. The number of nitrogens with zero attached hydrogens (tertiary/aromatic N) is 3. The maximum atomic E-state index is 12.4. The molecule has 1 saturated heterocycles. The third-order valence-corrected chi connectivity index (χ3v) is 5.25. The molecule has 25 heavy (non-hydrogen) atoms. The number of carbonyl (C=O) groups excluding carboxylic acids is 1. The molecule has 1 aromatic heterocycles. The fourth-order valence-electron chi connectivity index (χ4n) is 3.35. The summed E-state index contributed by atoms with van der Waals surface area (Å²) >= 11 is 5.90. The summed E-state index contributed by atoms with van der Waals surface area (Å²) in [6.07, 6.45) is 7.64. The van der Waals surface area contributed by atoms with Crippen LogP contribution in [0.1, 0.15) is 25.0 Å². The number of rotatable bonds is 6. The van der Waals surface area contributed by atoms with E-state index in [1.807, 2.05) is 37.5 Å². The number of carbonyl (C=O) groups is 1. The Morgan fingerprint density at radius 3 is 2.68 bits per heavy atom. The number of anilines is 1. The van der Waals surface area contributed by atoms with Crippen molar-refractivity contribution in [3.05, 3.63) is 47.5 Å². The molecule has 1 aromatic carbocycles. The monoisotopic (exact) mass is 360 g/mol. The predicted molar refractivity (Wildman–Crippen MR) is 101 cm³/mol. The van der Waals surface area contributed by atoms with Crippen molar-refractivity contribution in [3.63, 3.8) is 0 Å². The molecule has 0 bridgehead atoms. The first-order valence-corrected chi connectivity index (χ1v) is 9.21. The van der Waals surface area contributed by atoms with E-state index in [0.29, 0.717) is 17.4 Å². The number of aromatic amines is 1. The highest BCUT2D eigenvalue weighted by molar-refractivity contribution is 6.30. The van der Waals surface area contributed by atoms with Crippen LogP contribution in [0.15, 0.2) is 36.8 Å². The zero-order chi connectivity index (χ0) is 17.6. The van der Waals surface area contributed by atoms with Crippen LogP contribution >= 0.6 is 11.6 Å². The third kappa shape index (κ3) is 5.06. The highest BCUT2D eigenvalue weighted by atomic mass is 35.5. The summed E-state index contributed by atoms with van der Waals surface area (Å²) in [7, 11) is 1.82. The van der Waals surface area contributed by atoms with Gasteiger partial charge in [-0.3, -0.25) is 4.79 Å². The second kappa shape index (κ2) is 8.50. The molecule has 5 nitrogen and oxygen atoms in total. The Morgan fingerprint density at radius 1 is 1.32 bits per heavy atom. The molecule has 1 aliphatic heterocycles. The van der Waals surface area contributed by atoms with Crippen LogP contribution in [-0.2, 0) is 11.2 Å². The van der Waals surface area contributed by atoms with Crippen LogP contribution in [0.4, 0.5) is 5.69 Å². The predicted octanol–water partition coefficient (Wildman–Crippen LogP) is 3.37. The smallest absolute Gasteiger partial charge is 0.228 e. The molecular formula is C19H25ClN4O. The number of hydrogen-bond acceptors (Lipinski definition) is 3. The fraction of sp³-hybridized carbons (Fsp3) is 0.474. The second-order valence-electron chi connectivity index (χ2n) is 6.75. The lowest BCUT2D eigenvalue weighted by Gasteiger charge is -2.32. The molecule has 1 fully saturated rings. The molecule has 6 heteroatoms. The Balaban J connectivity index is 1.40. The quantitative estimate of drug-likeness (QED) is 0.859. The van der Waals surface area contributed by atoms with Gasteiger partial charge in [0.2, 0.25) is 5.91 Å². The first kappa shape index (κ1) is 18.0. The minimum atomic E-state index is 0.141. The van der Waals surface area contributed by atoms with Crippen molar-refractivity contribution in [2.75, 3.05) is 31.6 Å². The van der Waals surface area contributed by atoms with Crippen LogP contribution in [0.3, 0.4) is 0 Å². The highest BCUT2D eigenvalue weighted by Crippen LogP contribution is 2.21. The van der Waals surface area contributed by atoms with Crippen molar-refractivity contribution >= 4 is 23.2 Å². The largest absolute Gasteiger partial charge is 0.348 e. The van der Waals surface area contributed by atoms with Crippen molar-refractivity contribution in [1.29, 1.82) is 0 Å². The zero-order valence-electron chi connectivity index (χ0n) is 14.6. The van der Waals surface area contributed by atoms with E-state index in [-0.39, 0.29) is 5.91 Å². The number of benzene rings is 1. The van der Waals surface area contributed by atoms with E-state index in [9.17, 15) is 4.79 Å². The lowest BCUT2D eigenvalue weighted by molar-refractivity contribution is -0.118. The van der Waals surface area contributed by atoms with Gasteiger partial charge in [0, 0.05) is 42.6 Å². The molecule has 0 atom stereocenters. The summed E-state index contributed by atoms with van der Waals surface area (Å²) in [5.74, 6) is 0.853. The van der Waals surface area contributed by atoms with Crippen LogP contribution in [0.25, 0.3) is 0 Å². The highest BCUT2D eigenvalue weighted by Gasteiger charge is 2.21. The van der Waals surface area contributed by atoms with Gasteiger partial charge in [0.15, 0.2) is 0 Å². The molecule has 2 aromatic rings. The van der Waals surface area contributed by atoms with Gasteiger partial charge < -0.3 is 14.8 Å². The molecule has 0 spiro atoms. The van der Waals surface area contributed by atoms with E-state index in [1.54, 1.807) is 11.2 Å². The third-order valence-electron chi connectivity index (χ3n) is 5.00. The van der Waals surface area contributed by atoms with Crippen molar-refractivity contribution in [2.45, 2.75) is 25.7 Å². The number of amides is 1. The van der Waals surface area contributed by atoms with Gasteiger partial charge in [-0.15, -0.1) is 0 Å². The van der Waals surface area contributed by atoms with E-state index in [2.05, 4.69) is 14.9 Å². The summed E-state index contributed by atoms with van der Waals surface area (Å²) < 4.78 is 0. The molecule has 1 aliphatic rings. The molecule has 1 amide bonds. The second-order valence-corrected chi connectivity index (χ2v) is 7.18. The van der Waals surface area contributed by atoms with E-state index in [0.717, 1.165) is 31.7 Å². The molecule has 0 saturated carbocycles. The number of imidazole rings is 1. The van der Waals surface area contributed by atoms with Gasteiger partial charge >= 0.3 is 0 Å². The molecule has 134 valence electrons. The van der Waals surface area contributed by atoms with Gasteiger partial charge in [0.05, 0.1) is 6.33 Å². The lowest BCUT2D eigenvalue weighted by Crippen LogP contribution is -2.37.